The summed E-state index contributed by atoms with van der Waals surface area (Å²) in [6.45, 7) is 6.04. The topological polar surface area (TPSA) is 58.9 Å². The summed E-state index contributed by atoms with van der Waals surface area (Å²) in [5.41, 5.74) is 0.762. The molecule has 120 valence electrons. The zero-order chi connectivity index (χ0) is 16.8. The number of phenolic OH excluding ortho intramolecular Hbond substituents is 2. The first kappa shape index (κ1) is 17.7. The molecule has 0 radical (unpaired) electrons. The van der Waals surface area contributed by atoms with Gasteiger partial charge >= 0.3 is 0 Å². The number of ether oxygens (including phenoxy) is 2. The van der Waals surface area contributed by atoms with Crippen molar-refractivity contribution in [3.63, 3.8) is 0 Å². The fourth-order valence-corrected chi connectivity index (χ4v) is 1.87. The largest absolute Gasteiger partial charge is 0.508 e. The van der Waals surface area contributed by atoms with Crippen molar-refractivity contribution in [1.29, 1.82) is 0 Å². The Bertz CT molecular complexity index is 560. The van der Waals surface area contributed by atoms with Gasteiger partial charge in [0.05, 0.1) is 14.2 Å². The van der Waals surface area contributed by atoms with Gasteiger partial charge in [-0.25, -0.2) is 0 Å². The number of hydrogen-bond acceptors (Lipinski definition) is 4. The first-order valence-corrected chi connectivity index (χ1v) is 6.98. The molecule has 0 unspecified atom stereocenters. The van der Waals surface area contributed by atoms with Gasteiger partial charge in [-0.1, -0.05) is 26.8 Å². The van der Waals surface area contributed by atoms with E-state index in [1.54, 1.807) is 26.4 Å². The van der Waals surface area contributed by atoms with Crippen LogP contribution < -0.4 is 9.47 Å². The molecule has 0 aromatic heterocycles. The van der Waals surface area contributed by atoms with Gasteiger partial charge in [0.25, 0.3) is 0 Å². The number of methoxy groups -OCH3 is 2. The Hall–Kier alpha value is -2.36. The van der Waals surface area contributed by atoms with E-state index in [2.05, 4.69) is 0 Å². The predicted octanol–water partition coefficient (Wildman–Crippen LogP) is 4.10. The fourth-order valence-electron chi connectivity index (χ4n) is 1.87. The smallest absolute Gasteiger partial charge is 0.122 e. The molecular formula is C18H24O4. The van der Waals surface area contributed by atoms with Gasteiger partial charge in [0, 0.05) is 6.07 Å². The zero-order valence-corrected chi connectivity index (χ0v) is 13.8. The number of rotatable bonds is 2. The fraction of sp³-hybridized carbons (Fsp3) is 0.333. The van der Waals surface area contributed by atoms with Crippen molar-refractivity contribution in [2.75, 3.05) is 14.2 Å². The summed E-state index contributed by atoms with van der Waals surface area (Å²) in [6, 6.07) is 12.1. The highest BCUT2D eigenvalue weighted by Crippen LogP contribution is 2.32. The van der Waals surface area contributed by atoms with Crippen molar-refractivity contribution in [2.45, 2.75) is 26.2 Å². The molecule has 0 saturated carbocycles. The number of benzene rings is 2. The lowest BCUT2D eigenvalue weighted by Gasteiger charge is -2.20. The Morgan fingerprint density at radius 2 is 1.23 bits per heavy atom. The highest BCUT2D eigenvalue weighted by Gasteiger charge is 2.17. The van der Waals surface area contributed by atoms with Gasteiger partial charge in [-0.05, 0) is 41.3 Å². The average molecular weight is 304 g/mol. The summed E-state index contributed by atoms with van der Waals surface area (Å²) in [4.78, 5) is 0. The van der Waals surface area contributed by atoms with E-state index in [4.69, 9.17) is 14.6 Å². The Morgan fingerprint density at radius 3 is 1.55 bits per heavy atom. The van der Waals surface area contributed by atoms with Crippen LogP contribution in [-0.4, -0.2) is 24.4 Å². The summed E-state index contributed by atoms with van der Waals surface area (Å²) in [5.74, 6) is 1.95. The van der Waals surface area contributed by atoms with Crippen LogP contribution in [0.3, 0.4) is 0 Å². The van der Waals surface area contributed by atoms with Crippen molar-refractivity contribution >= 4 is 0 Å². The molecule has 0 saturated heterocycles. The maximum Gasteiger partial charge on any atom is 0.122 e. The molecule has 2 aromatic rings. The first-order valence-electron chi connectivity index (χ1n) is 6.98. The molecule has 4 nitrogen and oxygen atoms in total. The van der Waals surface area contributed by atoms with Crippen LogP contribution in [0.25, 0.3) is 0 Å². The quantitative estimate of drug-likeness (QED) is 0.877. The lowest BCUT2D eigenvalue weighted by Crippen LogP contribution is -2.10. The van der Waals surface area contributed by atoms with E-state index in [1.165, 1.54) is 6.07 Å². The third-order valence-electron chi connectivity index (χ3n) is 3.08. The normalized spacial score (nSPS) is 10.4. The molecule has 0 aliphatic heterocycles. The number of hydrogen-bond donors (Lipinski definition) is 2. The minimum absolute atomic E-state index is 0.0855. The molecule has 0 aliphatic carbocycles. The summed E-state index contributed by atoms with van der Waals surface area (Å²) in [7, 11) is 3.28. The van der Waals surface area contributed by atoms with Gasteiger partial charge in [0.2, 0.25) is 0 Å². The third kappa shape index (κ3) is 5.20. The zero-order valence-electron chi connectivity index (χ0n) is 13.8. The van der Waals surface area contributed by atoms with Gasteiger partial charge in [0.1, 0.15) is 23.0 Å². The highest BCUT2D eigenvalue weighted by molar-refractivity contribution is 5.42. The predicted molar refractivity (Wildman–Crippen MR) is 88.0 cm³/mol. The molecule has 0 heterocycles. The molecule has 0 bridgehead atoms. The standard InChI is InChI=1S/C10H14O2.C8H10O2/c1-10(2,3)8-5-4-7(11)6-9(8)12;1-9-7-3-5-8(10-2)6-4-7/h4-6,11-12H,1-3H3;3-6H,1-2H3. The maximum absolute atomic E-state index is 9.47. The molecule has 22 heavy (non-hydrogen) atoms. The summed E-state index contributed by atoms with van der Waals surface area (Å²) in [6.07, 6.45) is 0. The van der Waals surface area contributed by atoms with Gasteiger partial charge in [-0.2, -0.15) is 0 Å². The van der Waals surface area contributed by atoms with Gasteiger partial charge in [0.15, 0.2) is 0 Å². The Morgan fingerprint density at radius 1 is 0.773 bits per heavy atom. The summed E-state index contributed by atoms with van der Waals surface area (Å²) < 4.78 is 9.92. The second-order valence-corrected chi connectivity index (χ2v) is 5.83. The van der Waals surface area contributed by atoms with E-state index in [0.717, 1.165) is 17.1 Å². The van der Waals surface area contributed by atoms with Crippen molar-refractivity contribution in [3.8, 4) is 23.0 Å². The maximum atomic E-state index is 9.47. The lowest BCUT2D eigenvalue weighted by molar-refractivity contribution is 0.403. The molecule has 0 amide bonds. The molecule has 2 aromatic carbocycles. The molecular weight excluding hydrogens is 280 g/mol. The molecule has 0 aliphatic rings. The van der Waals surface area contributed by atoms with Crippen molar-refractivity contribution < 1.29 is 19.7 Å². The summed E-state index contributed by atoms with van der Waals surface area (Å²) >= 11 is 0. The Kier molecular flexibility index (Phi) is 6.11. The molecule has 2 N–H and O–H groups in total. The monoisotopic (exact) mass is 304 g/mol. The van der Waals surface area contributed by atoms with Crippen LogP contribution in [0.1, 0.15) is 26.3 Å². The average Bonchev–Trinajstić information content (AvgIpc) is 2.46. The van der Waals surface area contributed by atoms with Crippen molar-refractivity contribution in [3.05, 3.63) is 48.0 Å². The molecule has 0 fully saturated rings. The molecule has 4 heteroatoms. The Balaban J connectivity index is 0.000000224. The summed E-state index contributed by atoms with van der Waals surface area (Å²) in [5, 5.41) is 18.5. The number of aromatic hydroxyl groups is 2. The molecule has 2 rings (SSSR count). The van der Waals surface area contributed by atoms with Crippen molar-refractivity contribution in [1.82, 2.24) is 0 Å². The van der Waals surface area contributed by atoms with Crippen LogP contribution in [0.2, 0.25) is 0 Å². The SMILES string of the molecule is CC(C)(C)c1ccc(O)cc1O.COc1ccc(OC)cc1. The van der Waals surface area contributed by atoms with Crippen LogP contribution in [0, 0.1) is 0 Å². The molecule has 0 spiro atoms. The first-order chi connectivity index (χ1) is 10.3. The van der Waals surface area contributed by atoms with E-state index in [0.29, 0.717) is 0 Å². The van der Waals surface area contributed by atoms with Gasteiger partial charge in [-0.15, -0.1) is 0 Å². The van der Waals surface area contributed by atoms with Crippen molar-refractivity contribution in [2.24, 2.45) is 0 Å². The van der Waals surface area contributed by atoms with Crippen LogP contribution in [0.15, 0.2) is 42.5 Å². The molecule has 0 atom stereocenters. The lowest BCUT2D eigenvalue weighted by atomic mass is 9.86. The third-order valence-corrected chi connectivity index (χ3v) is 3.08. The second-order valence-electron chi connectivity index (χ2n) is 5.83. The Labute approximate surface area is 131 Å². The van der Waals surface area contributed by atoms with E-state index in [1.807, 2.05) is 45.0 Å². The highest BCUT2D eigenvalue weighted by atomic mass is 16.5. The van der Waals surface area contributed by atoms with E-state index in [-0.39, 0.29) is 16.9 Å². The van der Waals surface area contributed by atoms with Gasteiger partial charge < -0.3 is 19.7 Å². The van der Waals surface area contributed by atoms with Crippen LogP contribution in [0.5, 0.6) is 23.0 Å². The second kappa shape index (κ2) is 7.59. The van der Waals surface area contributed by atoms with E-state index >= 15 is 0 Å². The number of phenols is 2. The minimum atomic E-state index is -0.0855. The van der Waals surface area contributed by atoms with Crippen LogP contribution in [-0.2, 0) is 5.41 Å². The van der Waals surface area contributed by atoms with E-state index in [9.17, 15) is 5.11 Å². The van der Waals surface area contributed by atoms with Crippen LogP contribution in [0.4, 0.5) is 0 Å². The van der Waals surface area contributed by atoms with Crippen LogP contribution >= 0.6 is 0 Å². The van der Waals surface area contributed by atoms with Gasteiger partial charge in [-0.3, -0.25) is 0 Å². The van der Waals surface area contributed by atoms with E-state index < -0.39 is 0 Å². The minimum Gasteiger partial charge on any atom is -0.508 e.